The first-order chi connectivity index (χ1) is 7.36. The zero-order chi connectivity index (χ0) is 10.3. The Kier molecular flexibility index (Phi) is 2.57. The molecule has 1 nitrogen and oxygen atoms in total. The van der Waals surface area contributed by atoms with Crippen molar-refractivity contribution in [2.45, 2.75) is 31.2 Å². The second-order valence-corrected chi connectivity index (χ2v) is 5.52. The summed E-state index contributed by atoms with van der Waals surface area (Å²) in [6.45, 7) is 2.63. The van der Waals surface area contributed by atoms with E-state index in [4.69, 9.17) is 0 Å². The lowest BCUT2D eigenvalue weighted by atomic mass is 9.90. The lowest BCUT2D eigenvalue weighted by Crippen LogP contribution is -2.25. The maximum Gasteiger partial charge on any atom is 0.0210 e. The van der Waals surface area contributed by atoms with Gasteiger partial charge in [-0.15, -0.1) is 0 Å². The molecule has 15 heavy (non-hydrogen) atoms. The first-order valence-electron chi connectivity index (χ1n) is 5.85. The third-order valence-electron chi connectivity index (χ3n) is 3.91. The van der Waals surface area contributed by atoms with Gasteiger partial charge < -0.3 is 0 Å². The number of fused-ring (bicyclic) bond motifs is 1. The standard InChI is InChI=1S/C13H16BrN/c14-12-5-2-1-4-10(12)11-7-9-15-8-3-6-13(11)15/h1-2,4-5,11,13H,3,6-9H2. The molecule has 0 saturated carbocycles. The van der Waals surface area contributed by atoms with Crippen LogP contribution in [0.5, 0.6) is 0 Å². The van der Waals surface area contributed by atoms with Crippen LogP contribution in [0, 0.1) is 0 Å². The molecule has 2 saturated heterocycles. The minimum atomic E-state index is 0.767. The van der Waals surface area contributed by atoms with Gasteiger partial charge in [-0.2, -0.15) is 0 Å². The normalized spacial score (nSPS) is 30.7. The van der Waals surface area contributed by atoms with Gasteiger partial charge in [0.1, 0.15) is 0 Å². The summed E-state index contributed by atoms with van der Waals surface area (Å²) in [5.74, 6) is 0.767. The van der Waals surface area contributed by atoms with Crippen LogP contribution in [0.25, 0.3) is 0 Å². The molecule has 2 atom stereocenters. The van der Waals surface area contributed by atoms with Crippen molar-refractivity contribution in [1.82, 2.24) is 4.90 Å². The molecule has 0 N–H and O–H groups in total. The molecule has 0 bridgehead atoms. The summed E-state index contributed by atoms with van der Waals surface area (Å²) >= 11 is 3.68. The average molecular weight is 266 g/mol. The summed E-state index contributed by atoms with van der Waals surface area (Å²) in [7, 11) is 0. The zero-order valence-electron chi connectivity index (χ0n) is 8.82. The summed E-state index contributed by atoms with van der Waals surface area (Å²) in [6.07, 6.45) is 4.13. The van der Waals surface area contributed by atoms with E-state index in [1.807, 2.05) is 0 Å². The third kappa shape index (κ3) is 1.64. The van der Waals surface area contributed by atoms with Crippen LogP contribution in [0.4, 0.5) is 0 Å². The molecule has 2 aliphatic heterocycles. The molecular formula is C13H16BrN. The van der Waals surface area contributed by atoms with Crippen LogP contribution in [-0.2, 0) is 0 Å². The van der Waals surface area contributed by atoms with Crippen molar-refractivity contribution in [2.24, 2.45) is 0 Å². The van der Waals surface area contributed by atoms with Gasteiger partial charge in [-0.05, 0) is 44.0 Å². The van der Waals surface area contributed by atoms with Crippen molar-refractivity contribution < 1.29 is 0 Å². The second-order valence-electron chi connectivity index (χ2n) is 4.66. The molecule has 3 rings (SSSR count). The summed E-state index contributed by atoms with van der Waals surface area (Å²) in [5, 5.41) is 0. The highest BCUT2D eigenvalue weighted by Gasteiger charge is 2.38. The van der Waals surface area contributed by atoms with Gasteiger partial charge in [0.05, 0.1) is 0 Å². The molecule has 1 aromatic rings. The fourth-order valence-corrected chi connectivity index (χ4v) is 3.80. The highest BCUT2D eigenvalue weighted by molar-refractivity contribution is 9.10. The van der Waals surface area contributed by atoms with Crippen LogP contribution in [0.15, 0.2) is 28.7 Å². The Morgan fingerprint density at radius 1 is 1.13 bits per heavy atom. The topological polar surface area (TPSA) is 3.24 Å². The molecule has 0 spiro atoms. The molecule has 2 heterocycles. The Bertz CT molecular complexity index is 363. The summed E-state index contributed by atoms with van der Waals surface area (Å²) in [4.78, 5) is 2.67. The maximum atomic E-state index is 3.68. The Morgan fingerprint density at radius 3 is 2.87 bits per heavy atom. The van der Waals surface area contributed by atoms with E-state index in [0.29, 0.717) is 0 Å². The van der Waals surface area contributed by atoms with E-state index in [2.05, 4.69) is 45.1 Å². The van der Waals surface area contributed by atoms with Crippen LogP contribution in [0.3, 0.4) is 0 Å². The number of hydrogen-bond acceptors (Lipinski definition) is 1. The maximum absolute atomic E-state index is 3.68. The van der Waals surface area contributed by atoms with Gasteiger partial charge >= 0.3 is 0 Å². The van der Waals surface area contributed by atoms with E-state index in [1.54, 1.807) is 0 Å². The van der Waals surface area contributed by atoms with Gasteiger partial charge in [-0.25, -0.2) is 0 Å². The summed E-state index contributed by atoms with van der Waals surface area (Å²) in [5.41, 5.74) is 1.52. The Hall–Kier alpha value is -0.340. The van der Waals surface area contributed by atoms with E-state index in [-0.39, 0.29) is 0 Å². The molecular weight excluding hydrogens is 250 g/mol. The van der Waals surface area contributed by atoms with Gasteiger partial charge in [0, 0.05) is 16.4 Å². The van der Waals surface area contributed by atoms with E-state index in [1.165, 1.54) is 42.4 Å². The molecule has 0 amide bonds. The van der Waals surface area contributed by atoms with E-state index in [0.717, 1.165) is 12.0 Å². The summed E-state index contributed by atoms with van der Waals surface area (Å²) < 4.78 is 1.30. The molecule has 2 unspecified atom stereocenters. The van der Waals surface area contributed by atoms with Gasteiger partial charge in [0.15, 0.2) is 0 Å². The van der Waals surface area contributed by atoms with Crippen LogP contribution >= 0.6 is 15.9 Å². The number of benzene rings is 1. The second kappa shape index (κ2) is 3.91. The summed E-state index contributed by atoms with van der Waals surface area (Å²) in [6, 6.07) is 9.56. The number of halogens is 1. The first kappa shape index (κ1) is 9.86. The lowest BCUT2D eigenvalue weighted by molar-refractivity contribution is 0.313. The number of nitrogens with zero attached hydrogens (tertiary/aromatic N) is 1. The van der Waals surface area contributed by atoms with Crippen LogP contribution in [0.2, 0.25) is 0 Å². The minimum Gasteiger partial charge on any atom is -0.300 e. The van der Waals surface area contributed by atoms with Gasteiger partial charge in [-0.1, -0.05) is 34.1 Å². The van der Waals surface area contributed by atoms with Crippen LogP contribution in [0.1, 0.15) is 30.7 Å². The first-order valence-corrected chi connectivity index (χ1v) is 6.64. The zero-order valence-corrected chi connectivity index (χ0v) is 10.4. The van der Waals surface area contributed by atoms with Crippen molar-refractivity contribution in [2.75, 3.05) is 13.1 Å². The smallest absolute Gasteiger partial charge is 0.0210 e. The largest absolute Gasteiger partial charge is 0.300 e. The molecule has 0 aromatic heterocycles. The quantitative estimate of drug-likeness (QED) is 0.753. The predicted octanol–water partition coefficient (Wildman–Crippen LogP) is 3.40. The van der Waals surface area contributed by atoms with Gasteiger partial charge in [0.25, 0.3) is 0 Å². The van der Waals surface area contributed by atoms with Crippen molar-refractivity contribution >= 4 is 15.9 Å². The van der Waals surface area contributed by atoms with E-state index >= 15 is 0 Å². The Balaban J connectivity index is 1.91. The molecule has 2 aliphatic rings. The molecule has 1 aromatic carbocycles. The van der Waals surface area contributed by atoms with Gasteiger partial charge in [0.2, 0.25) is 0 Å². The lowest BCUT2D eigenvalue weighted by Gasteiger charge is -2.21. The van der Waals surface area contributed by atoms with Crippen LogP contribution in [-0.4, -0.2) is 24.0 Å². The van der Waals surface area contributed by atoms with Crippen molar-refractivity contribution in [1.29, 1.82) is 0 Å². The SMILES string of the molecule is Brc1ccccc1C1CCN2CCCC12. The Labute approximate surface area is 99.6 Å². The fraction of sp³-hybridized carbons (Fsp3) is 0.538. The minimum absolute atomic E-state index is 0.767. The van der Waals surface area contributed by atoms with Gasteiger partial charge in [-0.3, -0.25) is 4.90 Å². The molecule has 2 fully saturated rings. The molecule has 0 aliphatic carbocycles. The fourth-order valence-electron chi connectivity index (χ4n) is 3.22. The number of hydrogen-bond donors (Lipinski definition) is 0. The Morgan fingerprint density at radius 2 is 2.00 bits per heavy atom. The third-order valence-corrected chi connectivity index (χ3v) is 4.63. The van der Waals surface area contributed by atoms with Crippen molar-refractivity contribution in [3.63, 3.8) is 0 Å². The predicted molar refractivity (Wildman–Crippen MR) is 66.1 cm³/mol. The van der Waals surface area contributed by atoms with Crippen molar-refractivity contribution in [3.05, 3.63) is 34.3 Å². The monoisotopic (exact) mass is 265 g/mol. The highest BCUT2D eigenvalue weighted by Crippen LogP contribution is 2.41. The van der Waals surface area contributed by atoms with Crippen LogP contribution < -0.4 is 0 Å². The average Bonchev–Trinajstić information content (AvgIpc) is 2.80. The molecule has 2 heteroatoms. The highest BCUT2D eigenvalue weighted by atomic mass is 79.9. The molecule has 80 valence electrons. The van der Waals surface area contributed by atoms with Crippen molar-refractivity contribution in [3.8, 4) is 0 Å². The van der Waals surface area contributed by atoms with E-state index in [9.17, 15) is 0 Å². The number of rotatable bonds is 1. The van der Waals surface area contributed by atoms with E-state index < -0.39 is 0 Å². The molecule has 0 radical (unpaired) electrons.